The maximum atomic E-state index is 13.1. The average molecular weight is 429 g/mol. The van der Waals surface area contributed by atoms with Crippen LogP contribution in [-0.2, 0) is 9.53 Å². The molecule has 1 fully saturated rings. The normalized spacial score (nSPS) is 16.4. The summed E-state index contributed by atoms with van der Waals surface area (Å²) in [5.41, 5.74) is 1.52. The van der Waals surface area contributed by atoms with Crippen molar-refractivity contribution < 1.29 is 23.7 Å². The number of hydrogen-bond donors (Lipinski definition) is 0. The second kappa shape index (κ2) is 10.2. The highest BCUT2D eigenvalue weighted by atomic mass is 32.2. The summed E-state index contributed by atoms with van der Waals surface area (Å²) in [7, 11) is 6.40. The predicted octanol–water partition coefficient (Wildman–Crippen LogP) is 3.96. The summed E-state index contributed by atoms with van der Waals surface area (Å²) in [4.78, 5) is 19.9. The van der Waals surface area contributed by atoms with E-state index in [0.717, 1.165) is 17.0 Å². The van der Waals surface area contributed by atoms with Gasteiger partial charge in [0.05, 0.1) is 45.1 Å². The lowest BCUT2D eigenvalue weighted by atomic mass is 10.1. The molecule has 2 aromatic rings. The summed E-state index contributed by atoms with van der Waals surface area (Å²) < 4.78 is 21.0. The lowest BCUT2D eigenvalue weighted by molar-refractivity contribution is -0.122. The van der Waals surface area contributed by atoms with Crippen molar-refractivity contribution in [3.63, 3.8) is 0 Å². The summed E-state index contributed by atoms with van der Waals surface area (Å²) in [6.07, 6.45) is 1.81. The number of nitrogens with zero attached hydrogens (tertiary/aromatic N) is 2. The molecule has 158 valence electrons. The van der Waals surface area contributed by atoms with E-state index in [1.807, 2.05) is 42.5 Å². The molecule has 0 N–H and O–H groups in total. The van der Waals surface area contributed by atoms with Crippen LogP contribution in [0.4, 0.5) is 5.69 Å². The van der Waals surface area contributed by atoms with Crippen LogP contribution in [0.15, 0.2) is 52.4 Å². The number of aliphatic imine (C=N–C) groups is 1. The van der Waals surface area contributed by atoms with Gasteiger partial charge in [-0.05, 0) is 54.2 Å². The molecule has 8 heteroatoms. The van der Waals surface area contributed by atoms with Crippen LogP contribution in [0, 0.1) is 0 Å². The Labute approximate surface area is 180 Å². The van der Waals surface area contributed by atoms with Crippen molar-refractivity contribution >= 4 is 34.6 Å². The van der Waals surface area contributed by atoms with Crippen LogP contribution < -0.4 is 14.2 Å². The Morgan fingerprint density at radius 1 is 0.967 bits per heavy atom. The third-order valence-corrected chi connectivity index (χ3v) is 5.44. The standard InChI is InChI=1S/C22H24N2O5S/c1-26-12-11-24-21(25)20(13-15-5-8-18(28-3)14-19(15)29-4)30-22(24)23-16-6-9-17(27-2)10-7-16/h5-10,13-14H,11-12H2,1-4H3/b20-13-,23-22?. The van der Waals surface area contributed by atoms with Gasteiger partial charge in [-0.1, -0.05) is 0 Å². The maximum Gasteiger partial charge on any atom is 0.266 e. The number of amidine groups is 1. The van der Waals surface area contributed by atoms with Gasteiger partial charge in [0.1, 0.15) is 17.2 Å². The Morgan fingerprint density at radius 3 is 2.30 bits per heavy atom. The summed E-state index contributed by atoms with van der Waals surface area (Å²) in [5, 5.41) is 0.598. The molecule has 0 aliphatic carbocycles. The molecule has 0 spiro atoms. The molecular formula is C22H24N2O5S. The van der Waals surface area contributed by atoms with Crippen molar-refractivity contribution in [2.24, 2.45) is 4.99 Å². The van der Waals surface area contributed by atoms with Crippen molar-refractivity contribution in [3.05, 3.63) is 52.9 Å². The minimum atomic E-state index is -0.123. The van der Waals surface area contributed by atoms with E-state index in [-0.39, 0.29) is 5.91 Å². The summed E-state index contributed by atoms with van der Waals surface area (Å²) in [6, 6.07) is 12.8. The van der Waals surface area contributed by atoms with Gasteiger partial charge in [-0.2, -0.15) is 0 Å². The molecule has 1 heterocycles. The molecule has 1 amide bonds. The number of benzene rings is 2. The van der Waals surface area contributed by atoms with E-state index in [1.165, 1.54) is 11.8 Å². The van der Waals surface area contributed by atoms with Crippen LogP contribution in [0.25, 0.3) is 6.08 Å². The van der Waals surface area contributed by atoms with Crippen LogP contribution in [0.1, 0.15) is 5.56 Å². The van der Waals surface area contributed by atoms with Gasteiger partial charge in [0.2, 0.25) is 0 Å². The first-order valence-corrected chi connectivity index (χ1v) is 10.1. The average Bonchev–Trinajstić information content (AvgIpc) is 3.06. The van der Waals surface area contributed by atoms with Gasteiger partial charge < -0.3 is 18.9 Å². The first-order chi connectivity index (χ1) is 14.6. The molecule has 0 saturated carbocycles. The molecule has 0 bridgehead atoms. The van der Waals surface area contributed by atoms with Gasteiger partial charge in [0.25, 0.3) is 5.91 Å². The molecule has 0 atom stereocenters. The summed E-state index contributed by atoms with van der Waals surface area (Å²) in [5.74, 6) is 1.93. The third kappa shape index (κ3) is 4.95. The SMILES string of the molecule is COCCN1C(=O)/C(=C/c2ccc(OC)cc2OC)SC1=Nc1ccc(OC)cc1. The molecule has 1 aliphatic heterocycles. The van der Waals surface area contributed by atoms with E-state index in [1.54, 1.807) is 39.4 Å². The molecule has 1 aliphatic rings. The lowest BCUT2D eigenvalue weighted by Crippen LogP contribution is -2.32. The Kier molecular flexibility index (Phi) is 7.37. The van der Waals surface area contributed by atoms with Crippen molar-refractivity contribution in [3.8, 4) is 17.2 Å². The van der Waals surface area contributed by atoms with E-state index in [9.17, 15) is 4.79 Å². The fraction of sp³-hybridized carbons (Fsp3) is 0.273. The molecule has 0 aromatic heterocycles. The van der Waals surface area contributed by atoms with E-state index >= 15 is 0 Å². The Hall–Kier alpha value is -2.97. The summed E-state index contributed by atoms with van der Waals surface area (Å²) >= 11 is 1.32. The summed E-state index contributed by atoms with van der Waals surface area (Å²) in [6.45, 7) is 0.821. The van der Waals surface area contributed by atoms with E-state index in [4.69, 9.17) is 18.9 Å². The van der Waals surface area contributed by atoms with Crippen molar-refractivity contribution in [2.75, 3.05) is 41.6 Å². The van der Waals surface area contributed by atoms with Gasteiger partial charge >= 0.3 is 0 Å². The second-order valence-electron chi connectivity index (χ2n) is 6.26. The van der Waals surface area contributed by atoms with E-state index < -0.39 is 0 Å². The maximum absolute atomic E-state index is 13.1. The van der Waals surface area contributed by atoms with Gasteiger partial charge in [-0.15, -0.1) is 0 Å². The molecule has 2 aromatic carbocycles. The highest BCUT2D eigenvalue weighted by Crippen LogP contribution is 2.36. The smallest absolute Gasteiger partial charge is 0.266 e. The Morgan fingerprint density at radius 2 is 1.67 bits per heavy atom. The fourth-order valence-corrected chi connectivity index (χ4v) is 3.83. The van der Waals surface area contributed by atoms with Crippen LogP contribution in [0.5, 0.6) is 17.2 Å². The first-order valence-electron chi connectivity index (χ1n) is 9.24. The quantitative estimate of drug-likeness (QED) is 0.593. The van der Waals surface area contributed by atoms with E-state index in [0.29, 0.717) is 34.7 Å². The van der Waals surface area contributed by atoms with Crippen LogP contribution in [-0.4, -0.2) is 57.6 Å². The molecule has 3 rings (SSSR count). The lowest BCUT2D eigenvalue weighted by Gasteiger charge is -2.14. The largest absolute Gasteiger partial charge is 0.497 e. The first kappa shape index (κ1) is 21.7. The Balaban J connectivity index is 1.94. The molecule has 1 saturated heterocycles. The minimum absolute atomic E-state index is 0.123. The van der Waals surface area contributed by atoms with Crippen LogP contribution in [0.3, 0.4) is 0 Å². The molecule has 30 heavy (non-hydrogen) atoms. The fourth-order valence-electron chi connectivity index (χ4n) is 2.82. The zero-order valence-electron chi connectivity index (χ0n) is 17.4. The number of carbonyl (C=O) groups is 1. The molecule has 7 nitrogen and oxygen atoms in total. The van der Waals surface area contributed by atoms with Crippen LogP contribution in [0.2, 0.25) is 0 Å². The zero-order chi connectivity index (χ0) is 21.5. The molecule has 0 radical (unpaired) electrons. The van der Waals surface area contributed by atoms with Gasteiger partial charge in [-0.3, -0.25) is 9.69 Å². The predicted molar refractivity (Wildman–Crippen MR) is 119 cm³/mol. The zero-order valence-corrected chi connectivity index (χ0v) is 18.2. The number of methoxy groups -OCH3 is 4. The number of hydrogen-bond acceptors (Lipinski definition) is 7. The second-order valence-corrected chi connectivity index (χ2v) is 7.27. The van der Waals surface area contributed by atoms with Crippen molar-refractivity contribution in [2.45, 2.75) is 0 Å². The van der Waals surface area contributed by atoms with E-state index in [2.05, 4.69) is 4.99 Å². The number of carbonyl (C=O) groups excluding carboxylic acids is 1. The van der Waals surface area contributed by atoms with Gasteiger partial charge in [0, 0.05) is 18.7 Å². The topological polar surface area (TPSA) is 69.6 Å². The number of thioether (sulfide) groups is 1. The van der Waals surface area contributed by atoms with Gasteiger partial charge in [-0.25, -0.2) is 4.99 Å². The third-order valence-electron chi connectivity index (χ3n) is 4.43. The Bertz CT molecular complexity index is 957. The monoisotopic (exact) mass is 428 g/mol. The molecular weight excluding hydrogens is 404 g/mol. The van der Waals surface area contributed by atoms with Crippen molar-refractivity contribution in [1.82, 2.24) is 4.90 Å². The highest BCUT2D eigenvalue weighted by Gasteiger charge is 2.33. The van der Waals surface area contributed by atoms with Crippen LogP contribution >= 0.6 is 11.8 Å². The molecule has 0 unspecified atom stereocenters. The highest BCUT2D eigenvalue weighted by molar-refractivity contribution is 8.18. The number of ether oxygens (including phenoxy) is 4. The van der Waals surface area contributed by atoms with Gasteiger partial charge in [0.15, 0.2) is 5.17 Å². The number of rotatable bonds is 8. The minimum Gasteiger partial charge on any atom is -0.497 e. The van der Waals surface area contributed by atoms with Crippen molar-refractivity contribution in [1.29, 1.82) is 0 Å². The number of amides is 1.